The van der Waals surface area contributed by atoms with Gasteiger partial charge in [0.1, 0.15) is 11.6 Å². The summed E-state index contributed by atoms with van der Waals surface area (Å²) < 4.78 is 18.4. The Morgan fingerprint density at radius 3 is 2.71 bits per heavy atom. The number of nitrogens with zero attached hydrogens (tertiary/aromatic N) is 1. The van der Waals surface area contributed by atoms with Crippen molar-refractivity contribution in [1.29, 1.82) is 0 Å². The number of hydrogen-bond donors (Lipinski definition) is 1. The molecule has 1 N–H and O–H groups in total. The van der Waals surface area contributed by atoms with E-state index in [0.29, 0.717) is 12.6 Å². The summed E-state index contributed by atoms with van der Waals surface area (Å²) in [5.74, 6) is -0.402. The van der Waals surface area contributed by atoms with E-state index in [2.05, 4.69) is 4.90 Å². The highest BCUT2D eigenvalue weighted by molar-refractivity contribution is 5.28. The first-order chi connectivity index (χ1) is 8.15. The second-order valence-corrected chi connectivity index (χ2v) is 4.58. The zero-order valence-electron chi connectivity index (χ0n) is 10.0. The second-order valence-electron chi connectivity index (χ2n) is 4.58. The average Bonchev–Trinajstić information content (AvgIpc) is 2.28. The number of benzene rings is 1. The quantitative estimate of drug-likeness (QED) is 0.877. The van der Waals surface area contributed by atoms with Gasteiger partial charge in [0.2, 0.25) is 0 Å². The molecule has 1 fully saturated rings. The fraction of sp³-hybridized carbons (Fsp3) is 0.538. The third-order valence-electron chi connectivity index (χ3n) is 3.19. The molecule has 0 atom stereocenters. The predicted octanol–water partition coefficient (Wildman–Crippen LogP) is 2.14. The van der Waals surface area contributed by atoms with Crippen molar-refractivity contribution < 1.29 is 14.2 Å². The molecular formula is C13H18FNO2. The Bertz CT molecular complexity index is 357. The van der Waals surface area contributed by atoms with Crippen LogP contribution in [0.15, 0.2) is 18.2 Å². The fourth-order valence-corrected chi connectivity index (χ4v) is 2.27. The lowest BCUT2D eigenvalue weighted by atomic mass is 10.1. The van der Waals surface area contributed by atoms with Gasteiger partial charge in [-0.3, -0.25) is 4.90 Å². The van der Waals surface area contributed by atoms with E-state index in [1.165, 1.54) is 6.07 Å². The van der Waals surface area contributed by atoms with Crippen LogP contribution in [0.25, 0.3) is 0 Å². The maximum atomic E-state index is 13.1. The van der Waals surface area contributed by atoms with Gasteiger partial charge in [0, 0.05) is 31.9 Å². The third-order valence-corrected chi connectivity index (χ3v) is 3.19. The minimum absolute atomic E-state index is 0.0135. The highest BCUT2D eigenvalue weighted by Gasteiger charge is 2.18. The molecule has 0 aromatic heterocycles. The van der Waals surface area contributed by atoms with Crippen LogP contribution in [0.5, 0.6) is 5.75 Å². The summed E-state index contributed by atoms with van der Waals surface area (Å²) >= 11 is 0. The van der Waals surface area contributed by atoms with Crippen LogP contribution in [-0.4, -0.2) is 36.3 Å². The molecule has 1 aromatic rings. The van der Waals surface area contributed by atoms with Crippen molar-refractivity contribution in [2.75, 3.05) is 20.3 Å². The predicted molar refractivity (Wildman–Crippen MR) is 63.4 cm³/mol. The molecule has 0 radical (unpaired) electrons. The molecule has 17 heavy (non-hydrogen) atoms. The highest BCUT2D eigenvalue weighted by atomic mass is 19.1. The monoisotopic (exact) mass is 239 g/mol. The lowest BCUT2D eigenvalue weighted by Gasteiger charge is -2.31. The number of aromatic hydroxyl groups is 1. The van der Waals surface area contributed by atoms with E-state index in [0.717, 1.165) is 37.7 Å². The molecule has 0 amide bonds. The molecule has 0 bridgehead atoms. The molecule has 1 saturated heterocycles. The van der Waals surface area contributed by atoms with Crippen LogP contribution in [0.2, 0.25) is 0 Å². The lowest BCUT2D eigenvalue weighted by Crippen LogP contribution is -2.36. The number of ether oxygens (including phenoxy) is 1. The maximum absolute atomic E-state index is 13.1. The molecule has 3 nitrogen and oxygen atoms in total. The number of halogens is 1. The molecule has 0 unspecified atom stereocenters. The molecule has 0 aliphatic carbocycles. The van der Waals surface area contributed by atoms with Gasteiger partial charge in [-0.05, 0) is 37.6 Å². The van der Waals surface area contributed by atoms with Crippen LogP contribution in [0.4, 0.5) is 4.39 Å². The summed E-state index contributed by atoms with van der Waals surface area (Å²) in [6.45, 7) is 2.24. The molecule has 2 rings (SSSR count). The van der Waals surface area contributed by atoms with E-state index < -0.39 is 0 Å². The van der Waals surface area contributed by atoms with Gasteiger partial charge in [-0.2, -0.15) is 0 Å². The van der Waals surface area contributed by atoms with Crippen molar-refractivity contribution >= 4 is 0 Å². The molecule has 4 heteroatoms. The van der Waals surface area contributed by atoms with Gasteiger partial charge in [0.05, 0.1) is 0 Å². The first-order valence-electron chi connectivity index (χ1n) is 5.91. The average molecular weight is 239 g/mol. The Kier molecular flexibility index (Phi) is 3.97. The Morgan fingerprint density at radius 1 is 1.35 bits per heavy atom. The Morgan fingerprint density at radius 2 is 2.06 bits per heavy atom. The van der Waals surface area contributed by atoms with Crippen LogP contribution in [-0.2, 0) is 11.3 Å². The second kappa shape index (κ2) is 5.47. The Labute approximate surface area is 101 Å². The fourth-order valence-electron chi connectivity index (χ4n) is 2.27. The minimum Gasteiger partial charge on any atom is -0.508 e. The van der Waals surface area contributed by atoms with Gasteiger partial charge < -0.3 is 9.84 Å². The van der Waals surface area contributed by atoms with E-state index in [1.807, 2.05) is 7.05 Å². The largest absolute Gasteiger partial charge is 0.508 e. The third kappa shape index (κ3) is 3.41. The van der Waals surface area contributed by atoms with E-state index in [9.17, 15) is 9.50 Å². The maximum Gasteiger partial charge on any atom is 0.127 e. The van der Waals surface area contributed by atoms with Gasteiger partial charge in [-0.25, -0.2) is 4.39 Å². The van der Waals surface area contributed by atoms with Crippen molar-refractivity contribution in [3.63, 3.8) is 0 Å². The Balaban J connectivity index is 1.99. The van der Waals surface area contributed by atoms with E-state index in [-0.39, 0.29) is 11.6 Å². The summed E-state index contributed by atoms with van der Waals surface area (Å²) in [7, 11) is 2.03. The van der Waals surface area contributed by atoms with Crippen LogP contribution in [0.1, 0.15) is 18.4 Å². The summed E-state index contributed by atoms with van der Waals surface area (Å²) in [4.78, 5) is 2.19. The zero-order chi connectivity index (χ0) is 12.3. The van der Waals surface area contributed by atoms with Crippen LogP contribution < -0.4 is 0 Å². The normalized spacial score (nSPS) is 17.6. The van der Waals surface area contributed by atoms with E-state index >= 15 is 0 Å². The van der Waals surface area contributed by atoms with Crippen LogP contribution in [0.3, 0.4) is 0 Å². The van der Waals surface area contributed by atoms with Gasteiger partial charge in [-0.15, -0.1) is 0 Å². The molecule has 1 aromatic carbocycles. The van der Waals surface area contributed by atoms with Crippen molar-refractivity contribution in [2.45, 2.75) is 25.4 Å². The molecule has 94 valence electrons. The van der Waals surface area contributed by atoms with E-state index in [1.54, 1.807) is 6.07 Å². The van der Waals surface area contributed by atoms with Crippen LogP contribution >= 0.6 is 0 Å². The van der Waals surface area contributed by atoms with Gasteiger partial charge >= 0.3 is 0 Å². The van der Waals surface area contributed by atoms with Crippen molar-refractivity contribution in [3.8, 4) is 5.75 Å². The summed E-state index contributed by atoms with van der Waals surface area (Å²) in [5, 5.41) is 9.34. The molecule has 0 saturated carbocycles. The zero-order valence-corrected chi connectivity index (χ0v) is 10.0. The first kappa shape index (κ1) is 12.3. The molecule has 1 aliphatic rings. The lowest BCUT2D eigenvalue weighted by molar-refractivity contribution is 0.0406. The smallest absolute Gasteiger partial charge is 0.127 e. The highest BCUT2D eigenvalue weighted by Crippen LogP contribution is 2.19. The SMILES string of the molecule is CN(Cc1cc(O)cc(F)c1)C1CCOCC1. The summed E-state index contributed by atoms with van der Waals surface area (Å²) in [6, 6.07) is 4.68. The number of phenolic OH excluding ortho intramolecular Hbond substituents is 1. The number of phenols is 1. The van der Waals surface area contributed by atoms with Gasteiger partial charge in [0.15, 0.2) is 0 Å². The molecule has 0 spiro atoms. The summed E-state index contributed by atoms with van der Waals surface area (Å²) in [6.07, 6.45) is 2.02. The number of rotatable bonds is 3. The van der Waals surface area contributed by atoms with Gasteiger partial charge in [0.25, 0.3) is 0 Å². The first-order valence-corrected chi connectivity index (χ1v) is 5.91. The topological polar surface area (TPSA) is 32.7 Å². The van der Waals surface area contributed by atoms with Gasteiger partial charge in [-0.1, -0.05) is 0 Å². The molecular weight excluding hydrogens is 221 g/mol. The Hall–Kier alpha value is -1.13. The number of hydrogen-bond acceptors (Lipinski definition) is 3. The summed E-state index contributed by atoms with van der Waals surface area (Å²) in [5.41, 5.74) is 0.802. The molecule has 1 heterocycles. The minimum atomic E-state index is -0.389. The molecule has 1 aliphatic heterocycles. The van der Waals surface area contributed by atoms with Crippen molar-refractivity contribution in [2.24, 2.45) is 0 Å². The van der Waals surface area contributed by atoms with Crippen LogP contribution in [0, 0.1) is 5.82 Å². The standard InChI is InChI=1S/C13H18FNO2/c1-15(12-2-4-17-5-3-12)9-10-6-11(14)8-13(16)7-10/h6-8,12,16H,2-5,9H2,1H3. The van der Waals surface area contributed by atoms with Crippen molar-refractivity contribution in [3.05, 3.63) is 29.6 Å². The van der Waals surface area contributed by atoms with Crippen molar-refractivity contribution in [1.82, 2.24) is 4.90 Å². The van der Waals surface area contributed by atoms with E-state index in [4.69, 9.17) is 4.74 Å².